The van der Waals surface area contributed by atoms with Crippen LogP contribution in [0.5, 0.6) is 0 Å². The van der Waals surface area contributed by atoms with Crippen molar-refractivity contribution in [3.05, 3.63) is 58.6 Å². The second-order valence-corrected chi connectivity index (χ2v) is 10.6. The summed E-state index contributed by atoms with van der Waals surface area (Å²) in [5.74, 6) is 0.0321. The molecule has 3 heterocycles. The molecule has 0 unspecified atom stereocenters. The molecule has 32 heavy (non-hydrogen) atoms. The Bertz CT molecular complexity index is 1140. The number of fused-ring (bicyclic) bond motifs is 1. The van der Waals surface area contributed by atoms with E-state index in [2.05, 4.69) is 40.4 Å². The van der Waals surface area contributed by atoms with Crippen molar-refractivity contribution >= 4 is 33.5 Å². The van der Waals surface area contributed by atoms with Gasteiger partial charge in [-0.1, -0.05) is 24.3 Å². The van der Waals surface area contributed by atoms with Crippen LogP contribution in [0.3, 0.4) is 0 Å². The van der Waals surface area contributed by atoms with Crippen molar-refractivity contribution in [3.63, 3.8) is 0 Å². The van der Waals surface area contributed by atoms with Crippen molar-refractivity contribution in [1.29, 1.82) is 0 Å². The van der Waals surface area contributed by atoms with Crippen molar-refractivity contribution in [1.82, 2.24) is 19.7 Å². The molecular weight excluding hydrogens is 420 g/mol. The average Bonchev–Trinajstić information content (AvgIpc) is 3.30. The quantitative estimate of drug-likeness (QED) is 0.625. The van der Waals surface area contributed by atoms with Gasteiger partial charge in [0.1, 0.15) is 10.5 Å². The molecule has 1 N–H and O–H groups in total. The number of thiophene rings is 1. The molecule has 0 spiro atoms. The highest BCUT2D eigenvalue weighted by Gasteiger charge is 2.32. The summed E-state index contributed by atoms with van der Waals surface area (Å²) in [4.78, 5) is 31.1. The third kappa shape index (κ3) is 4.53. The van der Waals surface area contributed by atoms with Gasteiger partial charge < -0.3 is 19.7 Å². The maximum atomic E-state index is 13.6. The monoisotopic (exact) mass is 452 g/mol. The molecule has 1 aromatic carbocycles. The van der Waals surface area contributed by atoms with Gasteiger partial charge in [0.15, 0.2) is 0 Å². The Hall–Kier alpha value is -2.80. The van der Waals surface area contributed by atoms with Gasteiger partial charge in [0, 0.05) is 43.1 Å². The molecule has 1 atom stereocenters. The summed E-state index contributed by atoms with van der Waals surface area (Å²) >= 11 is 1.67. The van der Waals surface area contributed by atoms with Gasteiger partial charge in [-0.15, -0.1) is 11.3 Å². The number of benzene rings is 1. The molecular formula is C25H32N4O2S. The fourth-order valence-corrected chi connectivity index (χ4v) is 5.16. The van der Waals surface area contributed by atoms with E-state index in [0.29, 0.717) is 26.2 Å². The number of rotatable bonds is 3. The predicted octanol–water partition coefficient (Wildman–Crippen LogP) is 4.71. The van der Waals surface area contributed by atoms with Crippen LogP contribution in [0.15, 0.2) is 41.8 Å². The summed E-state index contributed by atoms with van der Waals surface area (Å²) in [6.07, 6.45) is 0. The summed E-state index contributed by atoms with van der Waals surface area (Å²) in [5, 5.41) is 6.20. The van der Waals surface area contributed by atoms with E-state index in [9.17, 15) is 9.59 Å². The molecule has 170 valence electrons. The maximum Gasteiger partial charge on any atom is 0.318 e. The molecule has 0 bridgehead atoms. The largest absolute Gasteiger partial charge is 0.334 e. The molecule has 1 aliphatic heterocycles. The van der Waals surface area contributed by atoms with Gasteiger partial charge in [-0.05, 0) is 63.3 Å². The van der Waals surface area contributed by atoms with Crippen LogP contribution in [0, 0.1) is 6.92 Å². The number of carbonyl (C=O) groups excluding carboxylic acids is 2. The van der Waals surface area contributed by atoms with Crippen molar-refractivity contribution in [2.45, 2.75) is 52.7 Å². The van der Waals surface area contributed by atoms with Crippen LogP contribution in [0.2, 0.25) is 0 Å². The third-order valence-corrected chi connectivity index (χ3v) is 6.92. The predicted molar refractivity (Wildman–Crippen MR) is 130 cm³/mol. The Balaban J connectivity index is 1.55. The number of nitrogens with one attached hydrogen (secondary N) is 1. The van der Waals surface area contributed by atoms with E-state index in [-0.39, 0.29) is 23.5 Å². The Morgan fingerprint density at radius 1 is 1.16 bits per heavy atom. The highest BCUT2D eigenvalue weighted by molar-refractivity contribution is 7.16. The molecule has 4 rings (SSSR count). The number of nitrogens with zero attached hydrogens (tertiary/aromatic N) is 3. The van der Waals surface area contributed by atoms with Gasteiger partial charge in [0.2, 0.25) is 0 Å². The first-order chi connectivity index (χ1) is 15.1. The van der Waals surface area contributed by atoms with Gasteiger partial charge in [0.05, 0.1) is 0 Å². The SMILES string of the molecule is Cc1ccccc1Cn1c(C(=O)N2CCN(C(=O)NC(C)(C)C)[C@H](C)C2)cc2ccsc21. The number of urea groups is 1. The fourth-order valence-electron chi connectivity index (χ4n) is 4.27. The number of piperazine rings is 1. The third-order valence-electron chi connectivity index (χ3n) is 5.97. The topological polar surface area (TPSA) is 57.6 Å². The van der Waals surface area contributed by atoms with Crippen molar-refractivity contribution in [2.24, 2.45) is 0 Å². The van der Waals surface area contributed by atoms with Crippen LogP contribution in [-0.4, -0.2) is 57.5 Å². The molecule has 2 aromatic heterocycles. The summed E-state index contributed by atoms with van der Waals surface area (Å²) < 4.78 is 2.15. The zero-order valence-electron chi connectivity index (χ0n) is 19.5. The van der Waals surface area contributed by atoms with E-state index in [1.807, 2.05) is 55.7 Å². The molecule has 3 amide bonds. The second kappa shape index (κ2) is 8.62. The number of hydrogen-bond acceptors (Lipinski definition) is 3. The standard InChI is InChI=1S/C25H32N4O2S/c1-17-8-6-7-9-20(17)16-29-21(14-19-10-13-32-23(19)29)22(30)27-11-12-28(18(2)15-27)24(31)26-25(3,4)5/h6-10,13-14,18H,11-12,15-16H2,1-5H3,(H,26,31)/t18-/m1/s1. The van der Waals surface area contributed by atoms with Crippen LogP contribution in [0.4, 0.5) is 4.79 Å². The van der Waals surface area contributed by atoms with Crippen LogP contribution in [0.25, 0.3) is 10.2 Å². The molecule has 0 aliphatic carbocycles. The Kier molecular flexibility index (Phi) is 6.03. The van der Waals surface area contributed by atoms with Gasteiger partial charge in [-0.3, -0.25) is 4.79 Å². The first-order valence-corrected chi connectivity index (χ1v) is 12.0. The van der Waals surface area contributed by atoms with Gasteiger partial charge >= 0.3 is 6.03 Å². The highest BCUT2D eigenvalue weighted by atomic mass is 32.1. The number of amides is 3. The minimum Gasteiger partial charge on any atom is -0.334 e. The zero-order valence-corrected chi connectivity index (χ0v) is 20.3. The maximum absolute atomic E-state index is 13.6. The molecule has 3 aromatic rings. The molecule has 1 saturated heterocycles. The minimum atomic E-state index is -0.286. The zero-order chi connectivity index (χ0) is 23.0. The van der Waals surface area contributed by atoms with E-state index in [4.69, 9.17) is 0 Å². The van der Waals surface area contributed by atoms with E-state index in [0.717, 1.165) is 15.9 Å². The lowest BCUT2D eigenvalue weighted by Gasteiger charge is -2.41. The lowest BCUT2D eigenvalue weighted by Crippen LogP contribution is -2.59. The van der Waals surface area contributed by atoms with Gasteiger partial charge in [0.25, 0.3) is 5.91 Å². The second-order valence-electron chi connectivity index (χ2n) is 9.70. The van der Waals surface area contributed by atoms with Crippen LogP contribution < -0.4 is 5.32 Å². The van der Waals surface area contributed by atoms with Crippen LogP contribution in [-0.2, 0) is 6.54 Å². The lowest BCUT2D eigenvalue weighted by atomic mass is 10.1. The molecule has 1 fully saturated rings. The first-order valence-electron chi connectivity index (χ1n) is 11.1. The Morgan fingerprint density at radius 3 is 2.59 bits per heavy atom. The lowest BCUT2D eigenvalue weighted by molar-refractivity contribution is 0.0564. The number of aromatic nitrogens is 1. The number of hydrogen-bond donors (Lipinski definition) is 1. The summed E-state index contributed by atoms with van der Waals surface area (Å²) in [5.41, 5.74) is 2.86. The fraction of sp³-hybridized carbons (Fsp3) is 0.440. The van der Waals surface area contributed by atoms with Crippen LogP contribution >= 0.6 is 11.3 Å². The summed E-state index contributed by atoms with van der Waals surface area (Å²) in [7, 11) is 0. The highest BCUT2D eigenvalue weighted by Crippen LogP contribution is 2.28. The van der Waals surface area contributed by atoms with E-state index in [1.54, 1.807) is 11.3 Å². The molecule has 6 nitrogen and oxygen atoms in total. The van der Waals surface area contributed by atoms with Crippen LogP contribution in [0.1, 0.15) is 49.3 Å². The smallest absolute Gasteiger partial charge is 0.318 e. The molecule has 0 radical (unpaired) electrons. The molecule has 0 saturated carbocycles. The van der Waals surface area contributed by atoms with Crippen molar-refractivity contribution in [2.75, 3.05) is 19.6 Å². The average molecular weight is 453 g/mol. The number of aryl methyl sites for hydroxylation is 1. The van der Waals surface area contributed by atoms with Gasteiger partial charge in [-0.25, -0.2) is 4.79 Å². The Morgan fingerprint density at radius 2 is 1.91 bits per heavy atom. The summed E-state index contributed by atoms with van der Waals surface area (Å²) in [6, 6.07) is 12.3. The van der Waals surface area contributed by atoms with Gasteiger partial charge in [-0.2, -0.15) is 0 Å². The van der Waals surface area contributed by atoms with Crippen molar-refractivity contribution < 1.29 is 9.59 Å². The van der Waals surface area contributed by atoms with E-state index >= 15 is 0 Å². The molecule has 1 aliphatic rings. The van der Waals surface area contributed by atoms with Crippen molar-refractivity contribution in [3.8, 4) is 0 Å². The van der Waals surface area contributed by atoms with E-state index < -0.39 is 0 Å². The summed E-state index contributed by atoms with van der Waals surface area (Å²) in [6.45, 7) is 12.3. The normalized spacial score (nSPS) is 17.1. The molecule has 7 heteroatoms. The van der Waals surface area contributed by atoms with E-state index in [1.165, 1.54) is 11.1 Å². The Labute approximate surface area is 193 Å². The first kappa shape index (κ1) is 22.4. The minimum absolute atomic E-state index is 0.0321. The number of carbonyl (C=O) groups is 2.